The molecule has 0 bridgehead atoms. The fraction of sp³-hybridized carbons (Fsp3) is 0.412. The van der Waals surface area contributed by atoms with E-state index in [9.17, 15) is 9.59 Å². The fourth-order valence-corrected chi connectivity index (χ4v) is 1.92. The molecular weight excluding hydrogens is 268 g/mol. The van der Waals surface area contributed by atoms with Gasteiger partial charge in [-0.3, -0.25) is 9.59 Å². The zero-order valence-corrected chi connectivity index (χ0v) is 12.9. The maximum atomic E-state index is 11.3. The second-order valence-electron chi connectivity index (χ2n) is 5.02. The molecule has 0 aliphatic carbocycles. The molecule has 0 amide bonds. The van der Waals surface area contributed by atoms with Crippen LogP contribution in [0.2, 0.25) is 0 Å². The Bertz CT molecular complexity index is 493. The van der Waals surface area contributed by atoms with Gasteiger partial charge in [0, 0.05) is 19.8 Å². The van der Waals surface area contributed by atoms with E-state index < -0.39 is 6.10 Å². The van der Waals surface area contributed by atoms with Crippen molar-refractivity contribution in [2.75, 3.05) is 0 Å². The standard InChI is InChI=1S/C17H22O4/c1-12(13(2)20-14(3)18)17(21-15(4)19)11-10-16-8-6-5-7-9-16/h5-13,17H,1-4H3. The van der Waals surface area contributed by atoms with Crippen LogP contribution in [0.25, 0.3) is 6.08 Å². The molecule has 0 fully saturated rings. The third-order valence-electron chi connectivity index (χ3n) is 3.19. The number of carbonyl (C=O) groups is 2. The summed E-state index contributed by atoms with van der Waals surface area (Å²) >= 11 is 0. The first-order valence-electron chi connectivity index (χ1n) is 6.98. The number of ether oxygens (including phenoxy) is 2. The molecule has 3 unspecified atom stereocenters. The van der Waals surface area contributed by atoms with Gasteiger partial charge in [0.1, 0.15) is 12.2 Å². The predicted octanol–water partition coefficient (Wildman–Crippen LogP) is 3.22. The number of rotatable bonds is 6. The third kappa shape index (κ3) is 6.25. The quantitative estimate of drug-likeness (QED) is 0.755. The van der Waals surface area contributed by atoms with E-state index in [0.717, 1.165) is 5.56 Å². The number of benzene rings is 1. The van der Waals surface area contributed by atoms with E-state index in [1.165, 1.54) is 13.8 Å². The first kappa shape index (κ1) is 17.0. The summed E-state index contributed by atoms with van der Waals surface area (Å²) in [6.07, 6.45) is 2.93. The van der Waals surface area contributed by atoms with Crippen molar-refractivity contribution in [3.8, 4) is 0 Å². The van der Waals surface area contributed by atoms with Gasteiger partial charge in [-0.05, 0) is 18.6 Å². The summed E-state index contributed by atoms with van der Waals surface area (Å²) in [6, 6.07) is 9.73. The van der Waals surface area contributed by atoms with E-state index in [2.05, 4.69) is 0 Å². The SMILES string of the molecule is CC(=O)OC(C)C(C)C(C=Cc1ccccc1)OC(C)=O. The van der Waals surface area contributed by atoms with Crippen LogP contribution in [-0.4, -0.2) is 24.1 Å². The van der Waals surface area contributed by atoms with Gasteiger partial charge in [0.05, 0.1) is 0 Å². The number of hydrogen-bond donors (Lipinski definition) is 0. The lowest BCUT2D eigenvalue weighted by atomic mass is 9.97. The molecule has 0 aliphatic heterocycles. The maximum Gasteiger partial charge on any atom is 0.303 e. The largest absolute Gasteiger partial charge is 0.462 e. The van der Waals surface area contributed by atoms with Crippen LogP contribution in [-0.2, 0) is 19.1 Å². The van der Waals surface area contributed by atoms with E-state index in [0.29, 0.717) is 0 Å². The van der Waals surface area contributed by atoms with Crippen molar-refractivity contribution in [3.05, 3.63) is 42.0 Å². The van der Waals surface area contributed by atoms with E-state index in [4.69, 9.17) is 9.47 Å². The highest BCUT2D eigenvalue weighted by atomic mass is 16.6. The van der Waals surface area contributed by atoms with Gasteiger partial charge in [-0.15, -0.1) is 0 Å². The number of esters is 2. The normalized spacial score (nSPS) is 15.2. The summed E-state index contributed by atoms with van der Waals surface area (Å²) in [7, 11) is 0. The molecule has 0 spiro atoms. The van der Waals surface area contributed by atoms with E-state index in [1.54, 1.807) is 6.92 Å². The summed E-state index contributed by atoms with van der Waals surface area (Å²) in [5.41, 5.74) is 1.02. The smallest absolute Gasteiger partial charge is 0.303 e. The van der Waals surface area contributed by atoms with Crippen LogP contribution in [0.3, 0.4) is 0 Å². The Morgan fingerprint density at radius 3 is 2.10 bits per heavy atom. The molecular formula is C17H22O4. The van der Waals surface area contributed by atoms with E-state index >= 15 is 0 Å². The molecule has 1 rings (SSSR count). The molecule has 0 saturated heterocycles. The van der Waals surface area contributed by atoms with Crippen molar-refractivity contribution in [2.24, 2.45) is 5.92 Å². The van der Waals surface area contributed by atoms with Crippen LogP contribution >= 0.6 is 0 Å². The van der Waals surface area contributed by atoms with Crippen molar-refractivity contribution in [3.63, 3.8) is 0 Å². The third-order valence-corrected chi connectivity index (χ3v) is 3.19. The zero-order valence-electron chi connectivity index (χ0n) is 12.9. The molecule has 4 heteroatoms. The minimum atomic E-state index is -0.447. The van der Waals surface area contributed by atoms with Crippen molar-refractivity contribution in [1.29, 1.82) is 0 Å². The fourth-order valence-electron chi connectivity index (χ4n) is 1.92. The van der Waals surface area contributed by atoms with Crippen LogP contribution in [0.4, 0.5) is 0 Å². The molecule has 0 radical (unpaired) electrons. The Kier molecular flexibility index (Phi) is 6.66. The van der Waals surface area contributed by atoms with Gasteiger partial charge >= 0.3 is 11.9 Å². The predicted molar refractivity (Wildman–Crippen MR) is 81.4 cm³/mol. The van der Waals surface area contributed by atoms with Crippen molar-refractivity contribution < 1.29 is 19.1 Å². The summed E-state index contributed by atoms with van der Waals surface area (Å²) in [5.74, 6) is -0.847. The molecule has 0 heterocycles. The highest BCUT2D eigenvalue weighted by Gasteiger charge is 2.25. The minimum absolute atomic E-state index is 0.141. The summed E-state index contributed by atoms with van der Waals surface area (Å²) in [6.45, 7) is 6.41. The van der Waals surface area contributed by atoms with Crippen molar-refractivity contribution in [1.82, 2.24) is 0 Å². The molecule has 21 heavy (non-hydrogen) atoms. The first-order chi connectivity index (χ1) is 9.90. The van der Waals surface area contributed by atoms with E-state index in [-0.39, 0.29) is 24.0 Å². The Hall–Kier alpha value is -2.10. The minimum Gasteiger partial charge on any atom is -0.462 e. The second-order valence-corrected chi connectivity index (χ2v) is 5.02. The Balaban J connectivity index is 2.82. The summed E-state index contributed by atoms with van der Waals surface area (Å²) in [5, 5.41) is 0. The maximum absolute atomic E-state index is 11.3. The molecule has 1 aromatic rings. The topological polar surface area (TPSA) is 52.6 Å². The average molecular weight is 290 g/mol. The van der Waals surface area contributed by atoms with Gasteiger partial charge in [0.25, 0.3) is 0 Å². The van der Waals surface area contributed by atoms with Crippen molar-refractivity contribution in [2.45, 2.75) is 39.9 Å². The molecule has 0 aliphatic rings. The lowest BCUT2D eigenvalue weighted by Crippen LogP contribution is -2.32. The number of carbonyl (C=O) groups excluding carboxylic acids is 2. The van der Waals surface area contributed by atoms with Gasteiger partial charge < -0.3 is 9.47 Å². The molecule has 0 N–H and O–H groups in total. The van der Waals surface area contributed by atoms with Crippen LogP contribution in [0.15, 0.2) is 36.4 Å². The van der Waals surface area contributed by atoms with E-state index in [1.807, 2.05) is 49.4 Å². The monoisotopic (exact) mass is 290 g/mol. The molecule has 114 valence electrons. The van der Waals surface area contributed by atoms with Crippen LogP contribution in [0, 0.1) is 5.92 Å². The molecule has 4 nitrogen and oxygen atoms in total. The Labute approximate surface area is 125 Å². The van der Waals surface area contributed by atoms with Crippen molar-refractivity contribution >= 4 is 18.0 Å². The number of hydrogen-bond acceptors (Lipinski definition) is 4. The molecule has 0 saturated carbocycles. The van der Waals surface area contributed by atoms with Gasteiger partial charge in [-0.25, -0.2) is 0 Å². The Morgan fingerprint density at radius 1 is 1.00 bits per heavy atom. The highest BCUT2D eigenvalue weighted by molar-refractivity contribution is 5.67. The Morgan fingerprint density at radius 2 is 1.57 bits per heavy atom. The average Bonchev–Trinajstić information content (AvgIpc) is 2.42. The van der Waals surface area contributed by atoms with Gasteiger partial charge in [-0.2, -0.15) is 0 Å². The lowest BCUT2D eigenvalue weighted by molar-refractivity contribution is -0.154. The second kappa shape index (κ2) is 8.25. The molecule has 1 aromatic carbocycles. The van der Waals surface area contributed by atoms with Gasteiger partial charge in [-0.1, -0.05) is 43.3 Å². The summed E-state index contributed by atoms with van der Waals surface area (Å²) < 4.78 is 10.5. The highest BCUT2D eigenvalue weighted by Crippen LogP contribution is 2.18. The van der Waals surface area contributed by atoms with Crippen LogP contribution in [0.5, 0.6) is 0 Å². The van der Waals surface area contributed by atoms with Crippen LogP contribution < -0.4 is 0 Å². The zero-order chi connectivity index (χ0) is 15.8. The first-order valence-corrected chi connectivity index (χ1v) is 6.98. The van der Waals surface area contributed by atoms with Crippen LogP contribution in [0.1, 0.15) is 33.3 Å². The van der Waals surface area contributed by atoms with Gasteiger partial charge in [0.2, 0.25) is 0 Å². The summed E-state index contributed by atoms with van der Waals surface area (Å²) in [4.78, 5) is 22.3. The molecule has 3 atom stereocenters. The lowest BCUT2D eigenvalue weighted by Gasteiger charge is -2.25. The molecule has 0 aromatic heterocycles. The van der Waals surface area contributed by atoms with Gasteiger partial charge in [0.15, 0.2) is 0 Å².